The first-order valence-electron chi connectivity index (χ1n) is 14.9. The molecule has 0 aromatic carbocycles. The van der Waals surface area contributed by atoms with Crippen molar-refractivity contribution in [3.8, 4) is 0 Å². The number of carbonyl (C=O) groups excluding carboxylic acids is 2. The summed E-state index contributed by atoms with van der Waals surface area (Å²) in [5, 5.41) is 23.2. The molecule has 0 unspecified atom stereocenters. The van der Waals surface area contributed by atoms with Crippen molar-refractivity contribution in [1.29, 1.82) is 0 Å². The summed E-state index contributed by atoms with van der Waals surface area (Å²) in [6.07, 6.45) is 9.38. The van der Waals surface area contributed by atoms with Gasteiger partial charge in [0.25, 0.3) is 5.91 Å². The molecule has 5 N–H and O–H groups in total. The molecular formula is C34H40N4O6. The second-order valence-electron chi connectivity index (χ2n) is 11.4. The maximum Gasteiger partial charge on any atom is 0.303 e. The molecule has 44 heavy (non-hydrogen) atoms. The number of allylic oxidation sites excluding steroid dienone is 3. The van der Waals surface area contributed by atoms with Crippen LogP contribution in [0.3, 0.4) is 0 Å². The average molecular weight is 601 g/mol. The maximum atomic E-state index is 12.5. The summed E-state index contributed by atoms with van der Waals surface area (Å²) in [6.45, 7) is 11.5. The lowest BCUT2D eigenvalue weighted by Gasteiger charge is -2.03. The summed E-state index contributed by atoms with van der Waals surface area (Å²) in [6, 6.07) is 0. The van der Waals surface area contributed by atoms with Gasteiger partial charge in [0.15, 0.2) is 0 Å². The summed E-state index contributed by atoms with van der Waals surface area (Å²) in [5.41, 5.74) is 8.47. The third kappa shape index (κ3) is 6.59. The van der Waals surface area contributed by atoms with Crippen LogP contribution in [0.15, 0.2) is 33.5 Å². The third-order valence-electron chi connectivity index (χ3n) is 8.50. The van der Waals surface area contributed by atoms with Crippen molar-refractivity contribution >= 4 is 47.7 Å². The fourth-order valence-corrected chi connectivity index (χ4v) is 5.90. The van der Waals surface area contributed by atoms with Gasteiger partial charge in [0.2, 0.25) is 5.91 Å². The molecule has 0 aliphatic carbocycles. The fraction of sp³-hybridized carbons (Fsp3) is 0.382. The molecule has 0 radical (unpaired) electrons. The van der Waals surface area contributed by atoms with E-state index in [4.69, 9.17) is 0 Å². The number of carboxylic acids is 2. The number of aliphatic imine (C=N–C) groups is 1. The molecule has 2 aromatic rings. The number of carbonyl (C=O) groups is 4. The second-order valence-corrected chi connectivity index (χ2v) is 11.4. The number of aromatic amines is 2. The molecular weight excluding hydrogens is 560 g/mol. The summed E-state index contributed by atoms with van der Waals surface area (Å²) in [5.74, 6) is -2.42. The molecule has 4 heterocycles. The molecule has 1 atom stereocenters. The van der Waals surface area contributed by atoms with Crippen molar-refractivity contribution in [3.05, 3.63) is 72.8 Å². The highest BCUT2D eigenvalue weighted by Crippen LogP contribution is 2.29. The Labute approximate surface area is 256 Å². The van der Waals surface area contributed by atoms with Gasteiger partial charge < -0.3 is 25.5 Å². The van der Waals surface area contributed by atoms with Crippen LogP contribution in [-0.2, 0) is 32.0 Å². The first-order chi connectivity index (χ1) is 20.9. The van der Waals surface area contributed by atoms with Crippen molar-refractivity contribution in [3.63, 3.8) is 0 Å². The highest BCUT2D eigenvalue weighted by molar-refractivity contribution is 6.30. The van der Waals surface area contributed by atoms with Gasteiger partial charge in [0.05, 0.1) is 11.6 Å². The quantitative estimate of drug-likeness (QED) is 0.264. The summed E-state index contributed by atoms with van der Waals surface area (Å²) in [4.78, 5) is 59.0. The Morgan fingerprint density at radius 2 is 1.52 bits per heavy atom. The number of nitrogens with one attached hydrogen (secondary N) is 3. The number of carboxylic acid groups (broad SMARTS) is 2. The number of H-pyrrole nitrogens is 2. The Kier molecular flexibility index (Phi) is 9.71. The smallest absolute Gasteiger partial charge is 0.303 e. The normalized spacial score (nSPS) is 19.6. The molecule has 1 fully saturated rings. The van der Waals surface area contributed by atoms with Gasteiger partial charge in [0, 0.05) is 46.2 Å². The van der Waals surface area contributed by atoms with Crippen LogP contribution in [0.25, 0.3) is 18.2 Å². The van der Waals surface area contributed by atoms with E-state index in [9.17, 15) is 29.4 Å². The first-order valence-corrected chi connectivity index (χ1v) is 14.9. The van der Waals surface area contributed by atoms with Crippen molar-refractivity contribution in [2.75, 3.05) is 0 Å². The molecule has 2 aliphatic rings. The fourth-order valence-electron chi connectivity index (χ4n) is 5.90. The predicted octanol–water partition coefficient (Wildman–Crippen LogP) is 3.75. The van der Waals surface area contributed by atoms with Crippen LogP contribution >= 0.6 is 0 Å². The van der Waals surface area contributed by atoms with Crippen LogP contribution < -0.4 is 16.0 Å². The lowest BCUT2D eigenvalue weighted by atomic mass is 10.00. The molecule has 2 aliphatic heterocycles. The van der Waals surface area contributed by atoms with E-state index in [1.165, 1.54) is 0 Å². The van der Waals surface area contributed by atoms with E-state index in [1.54, 1.807) is 0 Å². The molecule has 2 aromatic heterocycles. The molecule has 10 nitrogen and oxygen atoms in total. The SMILES string of the molecule is C/C=C1/C(=C\c2[nH]c(/C=c3\[nH]/c(=C/C4=NC(=O)C(CCC)=C4C)c(C)c3CCC(=O)O)c(CCC(=O)O)c2C)NC(=O)[C@@H]1C. The third-order valence-corrected chi connectivity index (χ3v) is 8.50. The minimum absolute atomic E-state index is 0.0718. The monoisotopic (exact) mass is 600 g/mol. The van der Waals surface area contributed by atoms with Crippen LogP contribution in [0.5, 0.6) is 0 Å². The highest BCUT2D eigenvalue weighted by atomic mass is 16.4. The molecule has 10 heteroatoms. The zero-order valence-electron chi connectivity index (χ0n) is 26.1. The standard InChI is InChI=1S/C34H40N4O6/c1-7-9-24-19(5)27(37-34(24)44)14-25-17(3)22(10-12-31(39)40)29(35-25)16-30-23(11-13-32(41)42)18(4)26(36-30)15-28-21(8-2)20(6)33(43)38-28/h8,14-16,20,35-36H,7,9-13H2,1-6H3,(H,38,43)(H,39,40)(H,41,42)/b21-8+,25-14+,28-15+,29-16-/t20-/m1/s1. The van der Waals surface area contributed by atoms with Crippen molar-refractivity contribution in [2.45, 2.75) is 80.1 Å². The van der Waals surface area contributed by atoms with Gasteiger partial charge in [-0.15, -0.1) is 0 Å². The van der Waals surface area contributed by atoms with E-state index in [-0.39, 0.29) is 43.4 Å². The van der Waals surface area contributed by atoms with Gasteiger partial charge in [-0.25, -0.2) is 4.99 Å². The Balaban J connectivity index is 1.90. The van der Waals surface area contributed by atoms with Gasteiger partial charge in [0.1, 0.15) is 0 Å². The molecule has 1 saturated heterocycles. The number of hydrogen-bond donors (Lipinski definition) is 5. The van der Waals surface area contributed by atoms with Crippen LogP contribution in [0, 0.1) is 19.8 Å². The number of rotatable bonds is 11. The summed E-state index contributed by atoms with van der Waals surface area (Å²) in [7, 11) is 0. The minimum Gasteiger partial charge on any atom is -0.481 e. The van der Waals surface area contributed by atoms with Crippen molar-refractivity contribution in [2.24, 2.45) is 10.9 Å². The Morgan fingerprint density at radius 3 is 2.14 bits per heavy atom. The van der Waals surface area contributed by atoms with Crippen LogP contribution in [0.4, 0.5) is 0 Å². The van der Waals surface area contributed by atoms with Gasteiger partial charge in [-0.2, -0.15) is 0 Å². The number of hydrogen-bond acceptors (Lipinski definition) is 4. The molecule has 232 valence electrons. The van der Waals surface area contributed by atoms with Crippen molar-refractivity contribution in [1.82, 2.24) is 15.3 Å². The van der Waals surface area contributed by atoms with E-state index in [0.717, 1.165) is 50.9 Å². The molecule has 0 saturated carbocycles. The highest BCUT2D eigenvalue weighted by Gasteiger charge is 2.29. The van der Waals surface area contributed by atoms with Gasteiger partial charge in [-0.1, -0.05) is 19.4 Å². The van der Waals surface area contributed by atoms with Crippen molar-refractivity contribution < 1.29 is 29.4 Å². The topological polar surface area (TPSA) is 165 Å². The van der Waals surface area contributed by atoms with Crippen LogP contribution in [-0.4, -0.2) is 49.6 Å². The van der Waals surface area contributed by atoms with E-state index in [1.807, 2.05) is 65.8 Å². The predicted molar refractivity (Wildman–Crippen MR) is 169 cm³/mol. The lowest BCUT2D eigenvalue weighted by Crippen LogP contribution is -2.16. The average Bonchev–Trinajstić information content (AvgIpc) is 3.60. The first kappa shape index (κ1) is 32.2. The zero-order chi connectivity index (χ0) is 32.3. The number of nitrogens with zero attached hydrogens (tertiary/aromatic N) is 1. The minimum atomic E-state index is -0.921. The summed E-state index contributed by atoms with van der Waals surface area (Å²) < 4.78 is 0. The Hall–Kier alpha value is -4.73. The van der Waals surface area contributed by atoms with E-state index >= 15 is 0 Å². The molecule has 0 bridgehead atoms. The van der Waals surface area contributed by atoms with Gasteiger partial charge in [-0.05, 0) is 106 Å². The zero-order valence-corrected chi connectivity index (χ0v) is 26.1. The lowest BCUT2D eigenvalue weighted by molar-refractivity contribution is -0.138. The molecule has 0 spiro atoms. The molecule has 2 amide bonds. The number of aromatic nitrogens is 2. The van der Waals surface area contributed by atoms with Gasteiger partial charge >= 0.3 is 11.9 Å². The van der Waals surface area contributed by atoms with E-state index in [2.05, 4.69) is 20.3 Å². The second kappa shape index (κ2) is 13.3. The maximum absolute atomic E-state index is 12.5. The van der Waals surface area contributed by atoms with Crippen LogP contribution in [0.1, 0.15) is 87.0 Å². The largest absolute Gasteiger partial charge is 0.481 e. The van der Waals surface area contributed by atoms with E-state index < -0.39 is 11.9 Å². The van der Waals surface area contributed by atoms with E-state index in [0.29, 0.717) is 34.4 Å². The Morgan fingerprint density at radius 1 is 0.864 bits per heavy atom. The Bertz CT molecular complexity index is 1790. The van der Waals surface area contributed by atoms with Crippen LogP contribution in [0.2, 0.25) is 0 Å². The molecule has 4 rings (SSSR count). The number of amides is 2. The van der Waals surface area contributed by atoms with Gasteiger partial charge in [-0.3, -0.25) is 19.2 Å². The number of aliphatic carboxylic acids is 2. The summed E-state index contributed by atoms with van der Waals surface area (Å²) >= 11 is 0.